The number of nitrogens with one attached hydrogen (secondary N) is 2. The minimum absolute atomic E-state index is 0.135. The predicted octanol–water partition coefficient (Wildman–Crippen LogP) is 2.56. The van der Waals surface area contributed by atoms with Gasteiger partial charge in [0.25, 0.3) is 5.91 Å². The second-order valence-electron chi connectivity index (χ2n) is 6.14. The zero-order valence-electron chi connectivity index (χ0n) is 14.8. The van der Waals surface area contributed by atoms with Crippen molar-refractivity contribution in [3.8, 4) is 0 Å². The van der Waals surface area contributed by atoms with Crippen LogP contribution in [-0.2, 0) is 6.42 Å². The molecule has 0 unspecified atom stereocenters. The molecule has 1 aromatic heterocycles. The van der Waals surface area contributed by atoms with Gasteiger partial charge < -0.3 is 15.5 Å². The van der Waals surface area contributed by atoms with Crippen molar-refractivity contribution < 1.29 is 9.18 Å². The van der Waals surface area contributed by atoms with E-state index >= 15 is 0 Å². The molecule has 6 heteroatoms. The summed E-state index contributed by atoms with van der Waals surface area (Å²) in [6.07, 6.45) is 4.66. The number of benzene rings is 1. The molecule has 0 aliphatic rings. The van der Waals surface area contributed by atoms with E-state index in [4.69, 9.17) is 0 Å². The summed E-state index contributed by atoms with van der Waals surface area (Å²) in [4.78, 5) is 18.3. The summed E-state index contributed by atoms with van der Waals surface area (Å²) >= 11 is 0. The molecule has 2 N–H and O–H groups in total. The lowest BCUT2D eigenvalue weighted by molar-refractivity contribution is 0.0952. The molecule has 0 bridgehead atoms. The van der Waals surface area contributed by atoms with Gasteiger partial charge in [0.15, 0.2) is 0 Å². The highest BCUT2D eigenvalue weighted by atomic mass is 19.1. The normalized spacial score (nSPS) is 10.7. The van der Waals surface area contributed by atoms with Crippen molar-refractivity contribution in [2.75, 3.05) is 39.0 Å². The fraction of sp³-hybridized carbons (Fsp3) is 0.368. The minimum atomic E-state index is -0.201. The minimum Gasteiger partial charge on any atom is -0.383 e. The number of nitrogens with zero attached hydrogens (tertiary/aromatic N) is 2. The molecular weight excluding hydrogens is 319 g/mol. The summed E-state index contributed by atoms with van der Waals surface area (Å²) in [5.74, 6) is -0.336. The van der Waals surface area contributed by atoms with Gasteiger partial charge >= 0.3 is 0 Å². The van der Waals surface area contributed by atoms with Crippen molar-refractivity contribution in [1.82, 2.24) is 15.2 Å². The first-order valence-corrected chi connectivity index (χ1v) is 8.41. The van der Waals surface area contributed by atoms with Gasteiger partial charge in [-0.25, -0.2) is 4.39 Å². The number of carbonyl (C=O) groups is 1. The van der Waals surface area contributed by atoms with Crippen molar-refractivity contribution in [1.29, 1.82) is 0 Å². The van der Waals surface area contributed by atoms with Crippen molar-refractivity contribution in [3.63, 3.8) is 0 Å². The Morgan fingerprint density at radius 3 is 2.76 bits per heavy atom. The average molecular weight is 344 g/mol. The van der Waals surface area contributed by atoms with Crippen LogP contribution < -0.4 is 10.6 Å². The summed E-state index contributed by atoms with van der Waals surface area (Å²) in [6, 6.07) is 8.48. The van der Waals surface area contributed by atoms with Crippen molar-refractivity contribution in [3.05, 3.63) is 59.7 Å². The van der Waals surface area contributed by atoms with Crippen LogP contribution in [0.1, 0.15) is 22.3 Å². The van der Waals surface area contributed by atoms with Crippen molar-refractivity contribution in [2.24, 2.45) is 0 Å². The third kappa shape index (κ3) is 6.51. The molecule has 0 atom stereocenters. The molecule has 0 aliphatic carbocycles. The van der Waals surface area contributed by atoms with E-state index in [1.807, 2.05) is 20.2 Å². The van der Waals surface area contributed by atoms with Gasteiger partial charge in [-0.15, -0.1) is 0 Å². The van der Waals surface area contributed by atoms with Gasteiger partial charge in [-0.05, 0) is 51.2 Å². The van der Waals surface area contributed by atoms with Gasteiger partial charge in [0.1, 0.15) is 5.82 Å². The van der Waals surface area contributed by atoms with E-state index in [1.54, 1.807) is 30.6 Å². The van der Waals surface area contributed by atoms with E-state index in [1.165, 1.54) is 6.07 Å². The summed E-state index contributed by atoms with van der Waals surface area (Å²) in [5.41, 5.74) is 1.93. The zero-order chi connectivity index (χ0) is 18.1. The lowest BCUT2D eigenvalue weighted by Crippen LogP contribution is -2.27. The Kier molecular flexibility index (Phi) is 7.35. The number of carbonyl (C=O) groups excluding carboxylic acids is 1. The molecule has 1 amide bonds. The van der Waals surface area contributed by atoms with Crippen LogP contribution in [0, 0.1) is 5.82 Å². The van der Waals surface area contributed by atoms with Crippen LogP contribution in [0.25, 0.3) is 0 Å². The molecule has 0 saturated carbocycles. The fourth-order valence-corrected chi connectivity index (χ4v) is 2.40. The molecule has 5 nitrogen and oxygen atoms in total. The third-order valence-corrected chi connectivity index (χ3v) is 3.75. The number of hydrogen-bond donors (Lipinski definition) is 2. The molecule has 0 saturated heterocycles. The molecule has 0 radical (unpaired) electrons. The number of rotatable bonds is 9. The van der Waals surface area contributed by atoms with E-state index in [9.17, 15) is 9.18 Å². The maximum Gasteiger partial charge on any atom is 0.252 e. The van der Waals surface area contributed by atoms with Crippen LogP contribution in [-0.4, -0.2) is 49.5 Å². The van der Waals surface area contributed by atoms with E-state index < -0.39 is 0 Å². The Balaban J connectivity index is 1.82. The molecule has 2 rings (SSSR count). The Hall–Kier alpha value is -2.47. The van der Waals surface area contributed by atoms with E-state index in [-0.39, 0.29) is 11.7 Å². The molecule has 0 aliphatic heterocycles. The largest absolute Gasteiger partial charge is 0.383 e. The molecular formula is C19H25FN4O. The summed E-state index contributed by atoms with van der Waals surface area (Å²) in [5, 5.41) is 6.07. The summed E-state index contributed by atoms with van der Waals surface area (Å²) in [6.45, 7) is 2.12. The van der Waals surface area contributed by atoms with Gasteiger partial charge in [-0.3, -0.25) is 9.78 Å². The second-order valence-corrected chi connectivity index (χ2v) is 6.14. The molecule has 1 heterocycles. The standard InChI is InChI=1S/C19H25FN4O/c1-24(2)11-5-9-23-19(25)16-12-17(14-21-13-16)22-10-8-15-6-3-4-7-18(15)20/h3-4,6-7,12-14,22H,5,8-11H2,1-2H3,(H,23,25). The monoisotopic (exact) mass is 344 g/mol. The predicted molar refractivity (Wildman–Crippen MR) is 98.3 cm³/mol. The van der Waals surface area contributed by atoms with Crippen molar-refractivity contribution >= 4 is 11.6 Å². The maximum absolute atomic E-state index is 13.6. The number of hydrogen-bond acceptors (Lipinski definition) is 4. The molecule has 0 fully saturated rings. The number of anilines is 1. The highest BCUT2D eigenvalue weighted by Gasteiger charge is 2.07. The Morgan fingerprint density at radius 1 is 1.20 bits per heavy atom. The first-order chi connectivity index (χ1) is 12.1. The molecule has 25 heavy (non-hydrogen) atoms. The van der Waals surface area contributed by atoms with Gasteiger partial charge in [-0.1, -0.05) is 18.2 Å². The number of halogens is 1. The van der Waals surface area contributed by atoms with E-state index in [2.05, 4.69) is 20.5 Å². The van der Waals surface area contributed by atoms with Crippen LogP contribution in [0.15, 0.2) is 42.7 Å². The maximum atomic E-state index is 13.6. The molecule has 134 valence electrons. The number of amides is 1. The molecule has 1 aromatic carbocycles. The SMILES string of the molecule is CN(C)CCCNC(=O)c1cncc(NCCc2ccccc2F)c1. The van der Waals surface area contributed by atoms with Crippen LogP contribution in [0.2, 0.25) is 0 Å². The van der Waals surface area contributed by atoms with Crippen LogP contribution in [0.4, 0.5) is 10.1 Å². The smallest absolute Gasteiger partial charge is 0.252 e. The molecule has 2 aromatic rings. The first kappa shape index (κ1) is 18.9. The van der Waals surface area contributed by atoms with Gasteiger partial charge in [0.05, 0.1) is 11.3 Å². The highest BCUT2D eigenvalue weighted by molar-refractivity contribution is 5.94. The molecule has 0 spiro atoms. The van der Waals surface area contributed by atoms with E-state index in [0.717, 1.165) is 18.7 Å². The Labute approximate surface area is 148 Å². The van der Waals surface area contributed by atoms with Gasteiger partial charge in [0, 0.05) is 25.5 Å². The number of aromatic nitrogens is 1. The Bertz CT molecular complexity index is 691. The third-order valence-electron chi connectivity index (χ3n) is 3.75. The lowest BCUT2D eigenvalue weighted by atomic mass is 10.1. The van der Waals surface area contributed by atoms with Gasteiger partial charge in [-0.2, -0.15) is 0 Å². The lowest BCUT2D eigenvalue weighted by Gasteiger charge is -2.11. The Morgan fingerprint density at radius 2 is 2.00 bits per heavy atom. The van der Waals surface area contributed by atoms with Crippen molar-refractivity contribution in [2.45, 2.75) is 12.8 Å². The summed E-state index contributed by atoms with van der Waals surface area (Å²) in [7, 11) is 4.00. The highest BCUT2D eigenvalue weighted by Crippen LogP contribution is 2.10. The number of pyridine rings is 1. The van der Waals surface area contributed by atoms with E-state index in [0.29, 0.717) is 30.6 Å². The quantitative estimate of drug-likeness (QED) is 0.687. The zero-order valence-corrected chi connectivity index (χ0v) is 14.8. The average Bonchev–Trinajstić information content (AvgIpc) is 2.60. The topological polar surface area (TPSA) is 57.3 Å². The second kappa shape index (κ2) is 9.74. The summed E-state index contributed by atoms with van der Waals surface area (Å²) < 4.78 is 13.6. The van der Waals surface area contributed by atoms with Crippen LogP contribution >= 0.6 is 0 Å². The van der Waals surface area contributed by atoms with Crippen LogP contribution in [0.5, 0.6) is 0 Å². The fourth-order valence-electron chi connectivity index (χ4n) is 2.40. The first-order valence-electron chi connectivity index (χ1n) is 8.41. The van der Waals surface area contributed by atoms with Gasteiger partial charge in [0.2, 0.25) is 0 Å². The van der Waals surface area contributed by atoms with Crippen LogP contribution in [0.3, 0.4) is 0 Å².